The maximum atomic E-state index is 8.42. The van der Waals surface area contributed by atoms with Crippen LogP contribution in [0.3, 0.4) is 0 Å². The Morgan fingerprint density at radius 3 is 3.08 bits per heavy atom. The Kier molecular flexibility index (Phi) is 4.14. The lowest BCUT2D eigenvalue weighted by atomic mass is 10.4. The Balaban J connectivity index is 2.54. The van der Waals surface area contributed by atoms with Gasteiger partial charge < -0.3 is 4.90 Å². The molecule has 1 aliphatic heterocycles. The van der Waals surface area contributed by atoms with Crippen LogP contribution in [-0.2, 0) is 0 Å². The normalized spacial score (nSPS) is 19.5. The maximum Gasteiger partial charge on any atom is 0.208 e. The highest BCUT2D eigenvalue weighted by molar-refractivity contribution is 8.13. The molecule has 4 nitrogen and oxygen atoms in total. The number of hydrogen-bond donors (Lipinski definition) is 0. The second-order valence-corrected chi connectivity index (χ2v) is 3.65. The fourth-order valence-corrected chi connectivity index (χ4v) is 2.07. The number of nitriles is 2. The van der Waals surface area contributed by atoms with E-state index in [9.17, 15) is 0 Å². The molecule has 1 fully saturated rings. The third kappa shape index (κ3) is 2.96. The molecule has 0 amide bonds. The molecule has 68 valence electrons. The zero-order valence-corrected chi connectivity index (χ0v) is 8.05. The van der Waals surface area contributed by atoms with Crippen LogP contribution in [0.1, 0.15) is 12.8 Å². The van der Waals surface area contributed by atoms with Crippen molar-refractivity contribution in [1.29, 1.82) is 10.5 Å². The lowest BCUT2D eigenvalue weighted by Crippen LogP contribution is -2.34. The first-order chi connectivity index (χ1) is 6.38. The van der Waals surface area contributed by atoms with Gasteiger partial charge in [-0.1, -0.05) is 11.8 Å². The summed E-state index contributed by atoms with van der Waals surface area (Å²) >= 11 is 1.59. The van der Waals surface area contributed by atoms with Crippen LogP contribution in [0.25, 0.3) is 0 Å². The van der Waals surface area contributed by atoms with Gasteiger partial charge >= 0.3 is 0 Å². The van der Waals surface area contributed by atoms with Crippen LogP contribution in [0.15, 0.2) is 4.99 Å². The number of hydrogen-bond acceptors (Lipinski definition) is 4. The van der Waals surface area contributed by atoms with Crippen molar-refractivity contribution >= 4 is 16.9 Å². The molecular weight excluding hydrogens is 184 g/mol. The molecule has 1 aliphatic rings. The molecular formula is C8H10N4S. The summed E-state index contributed by atoms with van der Waals surface area (Å²) in [5, 5.41) is 17.6. The summed E-state index contributed by atoms with van der Waals surface area (Å²) < 4.78 is 0. The molecule has 0 atom stereocenters. The molecule has 1 saturated heterocycles. The largest absolute Gasteiger partial charge is 0.350 e. The Labute approximate surface area is 81.9 Å². The summed E-state index contributed by atoms with van der Waals surface area (Å²) in [6.07, 6.45) is 3.38. The molecule has 5 heteroatoms. The molecule has 0 unspecified atom stereocenters. The zero-order valence-electron chi connectivity index (χ0n) is 7.23. The van der Waals surface area contributed by atoms with Crippen molar-refractivity contribution in [1.82, 2.24) is 4.90 Å². The molecule has 0 saturated carbocycles. The highest BCUT2D eigenvalue weighted by atomic mass is 32.2. The topological polar surface area (TPSA) is 63.2 Å². The Bertz CT molecular complexity index is 273. The number of thioether (sulfide) groups is 1. The molecule has 13 heavy (non-hydrogen) atoms. The number of amidine groups is 1. The minimum Gasteiger partial charge on any atom is -0.350 e. The number of nitrogens with zero attached hydrogens (tertiary/aromatic N) is 4. The quantitative estimate of drug-likeness (QED) is 0.619. The van der Waals surface area contributed by atoms with Crippen molar-refractivity contribution in [3.63, 3.8) is 0 Å². The minimum absolute atomic E-state index is 0.491. The lowest BCUT2D eigenvalue weighted by molar-refractivity contribution is 0.430. The van der Waals surface area contributed by atoms with E-state index in [1.165, 1.54) is 0 Å². The first-order valence-electron chi connectivity index (χ1n) is 4.10. The summed E-state index contributed by atoms with van der Waals surface area (Å²) in [6, 6.07) is 2.09. The van der Waals surface area contributed by atoms with Crippen LogP contribution in [0.2, 0.25) is 0 Å². The highest BCUT2D eigenvalue weighted by Crippen LogP contribution is 2.17. The van der Waals surface area contributed by atoms with Gasteiger partial charge in [0.2, 0.25) is 6.19 Å². The van der Waals surface area contributed by atoms with E-state index < -0.39 is 0 Å². The van der Waals surface area contributed by atoms with E-state index in [4.69, 9.17) is 10.5 Å². The van der Waals surface area contributed by atoms with Crippen LogP contribution < -0.4 is 0 Å². The van der Waals surface area contributed by atoms with Gasteiger partial charge in [0, 0.05) is 18.8 Å². The average molecular weight is 194 g/mol. The van der Waals surface area contributed by atoms with Crippen LogP contribution in [-0.4, -0.2) is 28.9 Å². The second-order valence-electron chi connectivity index (χ2n) is 2.59. The number of aliphatic imine (C=N–C) groups is 1. The third-order valence-corrected chi connectivity index (χ3v) is 2.81. The molecule has 0 bridgehead atoms. The number of rotatable bonds is 2. The Morgan fingerprint density at radius 2 is 2.38 bits per heavy atom. The highest BCUT2D eigenvalue weighted by Gasteiger charge is 2.16. The first-order valence-corrected chi connectivity index (χ1v) is 5.08. The standard InChI is InChI=1S/C8H10N4S/c9-3-1-4-12-5-2-6-13-8(12)11-7-10/h1-2,4-6H2. The van der Waals surface area contributed by atoms with Crippen molar-refractivity contribution < 1.29 is 0 Å². The molecule has 0 spiro atoms. The van der Waals surface area contributed by atoms with E-state index in [0.29, 0.717) is 13.0 Å². The first kappa shape index (κ1) is 9.88. The summed E-state index contributed by atoms with van der Waals surface area (Å²) in [4.78, 5) is 5.72. The minimum atomic E-state index is 0.491. The van der Waals surface area contributed by atoms with Gasteiger partial charge in [-0.05, 0) is 6.42 Å². The summed E-state index contributed by atoms with van der Waals surface area (Å²) in [5.74, 6) is 1.02. The third-order valence-electron chi connectivity index (χ3n) is 1.71. The predicted molar refractivity (Wildman–Crippen MR) is 51.9 cm³/mol. The second kappa shape index (κ2) is 5.45. The van der Waals surface area contributed by atoms with E-state index >= 15 is 0 Å². The maximum absolute atomic E-state index is 8.42. The summed E-state index contributed by atoms with van der Waals surface area (Å²) in [7, 11) is 0. The molecule has 0 aromatic rings. The SMILES string of the molecule is N#CCCN1CCCSC1=NC#N. The van der Waals surface area contributed by atoms with Gasteiger partial charge in [-0.3, -0.25) is 0 Å². The van der Waals surface area contributed by atoms with Gasteiger partial charge in [0.25, 0.3) is 0 Å². The summed E-state index contributed by atoms with van der Waals surface area (Å²) in [6.45, 7) is 1.60. The van der Waals surface area contributed by atoms with Crippen LogP contribution in [0.4, 0.5) is 0 Å². The van der Waals surface area contributed by atoms with Gasteiger partial charge in [0.05, 0.1) is 12.5 Å². The van der Waals surface area contributed by atoms with E-state index in [1.54, 1.807) is 18.0 Å². The fraction of sp³-hybridized carbons (Fsp3) is 0.625. The molecule has 0 aliphatic carbocycles. The lowest BCUT2D eigenvalue weighted by Gasteiger charge is -2.27. The monoisotopic (exact) mass is 194 g/mol. The van der Waals surface area contributed by atoms with Crippen LogP contribution >= 0.6 is 11.8 Å². The average Bonchev–Trinajstić information content (AvgIpc) is 2.17. The Morgan fingerprint density at radius 1 is 1.54 bits per heavy atom. The van der Waals surface area contributed by atoms with Crippen molar-refractivity contribution in [2.24, 2.45) is 4.99 Å². The van der Waals surface area contributed by atoms with E-state index in [1.807, 2.05) is 4.90 Å². The van der Waals surface area contributed by atoms with Crippen molar-refractivity contribution in [2.75, 3.05) is 18.8 Å². The van der Waals surface area contributed by atoms with Crippen LogP contribution in [0, 0.1) is 22.8 Å². The fourth-order valence-electron chi connectivity index (χ4n) is 1.14. The molecule has 0 N–H and O–H groups in total. The predicted octanol–water partition coefficient (Wildman–Crippen LogP) is 1.18. The van der Waals surface area contributed by atoms with E-state index in [0.717, 1.165) is 23.9 Å². The van der Waals surface area contributed by atoms with Gasteiger partial charge in [0.1, 0.15) is 0 Å². The van der Waals surface area contributed by atoms with Crippen molar-refractivity contribution in [2.45, 2.75) is 12.8 Å². The Hall–Kier alpha value is -1.20. The van der Waals surface area contributed by atoms with Crippen molar-refractivity contribution in [3.05, 3.63) is 0 Å². The van der Waals surface area contributed by atoms with Gasteiger partial charge in [-0.2, -0.15) is 10.5 Å². The van der Waals surface area contributed by atoms with Gasteiger partial charge in [0.15, 0.2) is 5.17 Å². The zero-order chi connectivity index (χ0) is 9.52. The van der Waals surface area contributed by atoms with Crippen LogP contribution in [0.5, 0.6) is 0 Å². The van der Waals surface area contributed by atoms with Crippen molar-refractivity contribution in [3.8, 4) is 12.3 Å². The summed E-state index contributed by atoms with van der Waals surface area (Å²) in [5.41, 5.74) is 0. The van der Waals surface area contributed by atoms with Gasteiger partial charge in [-0.25, -0.2) is 0 Å². The molecule has 1 heterocycles. The smallest absolute Gasteiger partial charge is 0.208 e. The van der Waals surface area contributed by atoms with E-state index in [-0.39, 0.29) is 0 Å². The molecule has 0 aromatic heterocycles. The molecule has 0 radical (unpaired) electrons. The molecule has 0 aromatic carbocycles. The molecule has 1 rings (SSSR count). The van der Waals surface area contributed by atoms with E-state index in [2.05, 4.69) is 11.1 Å². The van der Waals surface area contributed by atoms with Gasteiger partial charge in [-0.15, -0.1) is 4.99 Å².